The van der Waals surface area contributed by atoms with Crippen LogP contribution in [0.15, 0.2) is 54.6 Å². The van der Waals surface area contributed by atoms with Crippen LogP contribution in [0.25, 0.3) is 5.57 Å². The van der Waals surface area contributed by atoms with E-state index < -0.39 is 17.7 Å². The van der Waals surface area contributed by atoms with E-state index in [0.29, 0.717) is 6.54 Å². The van der Waals surface area contributed by atoms with Crippen molar-refractivity contribution in [2.24, 2.45) is 0 Å². The van der Waals surface area contributed by atoms with Crippen molar-refractivity contribution in [1.82, 2.24) is 4.90 Å². The number of rotatable bonds is 4. The van der Waals surface area contributed by atoms with Crippen molar-refractivity contribution >= 4 is 5.57 Å². The Hall–Kier alpha value is -2.04. The van der Waals surface area contributed by atoms with E-state index in [1.807, 2.05) is 23.1 Å². The summed E-state index contributed by atoms with van der Waals surface area (Å²) in [6.45, 7) is 1.64. The molecule has 0 saturated heterocycles. The normalized spacial score (nSPS) is 16.9. The summed E-state index contributed by atoms with van der Waals surface area (Å²) < 4.78 is 27.4. The lowest BCUT2D eigenvalue weighted by Crippen LogP contribution is -2.33. The molecule has 1 aliphatic heterocycles. The van der Waals surface area contributed by atoms with E-state index in [-0.39, 0.29) is 12.1 Å². The van der Waals surface area contributed by atoms with Crippen molar-refractivity contribution in [3.05, 3.63) is 77.4 Å². The molecular weight excluding hydrogens is 296 g/mol. The molecule has 0 aromatic heterocycles. The molecule has 120 valence electrons. The van der Waals surface area contributed by atoms with Crippen LogP contribution in [0.3, 0.4) is 0 Å². The lowest BCUT2D eigenvalue weighted by Gasteiger charge is -2.28. The molecule has 0 unspecified atom stereocenters. The van der Waals surface area contributed by atoms with Crippen LogP contribution >= 0.6 is 0 Å². The predicted octanol–water partition coefficient (Wildman–Crippen LogP) is 3.79. The second-order valence-electron chi connectivity index (χ2n) is 5.76. The molecule has 0 amide bonds. The Bertz CT molecular complexity index is 680. The molecular formula is C19H19F2NO. The zero-order chi connectivity index (χ0) is 16.2. The molecule has 0 fully saturated rings. The summed E-state index contributed by atoms with van der Waals surface area (Å²) in [5.41, 5.74) is 2.23. The number of aliphatic hydroxyl groups excluding tert-OH is 1. The van der Waals surface area contributed by atoms with Gasteiger partial charge in [0.05, 0.1) is 11.7 Å². The van der Waals surface area contributed by atoms with E-state index in [2.05, 4.69) is 18.2 Å². The van der Waals surface area contributed by atoms with Crippen molar-refractivity contribution in [2.45, 2.75) is 12.5 Å². The Morgan fingerprint density at radius 3 is 2.30 bits per heavy atom. The number of β-amino-alcohol motifs (C(OH)–C–C–N with tert-alkyl or cyclic N) is 1. The minimum absolute atomic E-state index is 0.219. The Balaban J connectivity index is 1.66. The van der Waals surface area contributed by atoms with Gasteiger partial charge in [-0.05, 0) is 29.7 Å². The van der Waals surface area contributed by atoms with Crippen molar-refractivity contribution < 1.29 is 13.9 Å². The van der Waals surface area contributed by atoms with Crippen LogP contribution in [-0.4, -0.2) is 29.6 Å². The minimum atomic E-state index is -1.16. The number of benzene rings is 2. The molecule has 1 aliphatic rings. The smallest absolute Gasteiger partial charge is 0.131 e. The quantitative estimate of drug-likeness (QED) is 0.928. The maximum absolute atomic E-state index is 13.7. The van der Waals surface area contributed by atoms with Crippen molar-refractivity contribution in [1.29, 1.82) is 0 Å². The van der Waals surface area contributed by atoms with Crippen LogP contribution in [0.1, 0.15) is 23.7 Å². The van der Waals surface area contributed by atoms with Crippen LogP contribution in [0.2, 0.25) is 0 Å². The van der Waals surface area contributed by atoms with Crippen LogP contribution < -0.4 is 0 Å². The van der Waals surface area contributed by atoms with Gasteiger partial charge in [0.15, 0.2) is 0 Å². The number of nitrogens with zero attached hydrogens (tertiary/aromatic N) is 1. The van der Waals surface area contributed by atoms with Gasteiger partial charge in [0.1, 0.15) is 11.6 Å². The van der Waals surface area contributed by atoms with Crippen molar-refractivity contribution in [3.63, 3.8) is 0 Å². The lowest BCUT2D eigenvalue weighted by molar-refractivity contribution is 0.112. The molecule has 2 nitrogen and oxygen atoms in total. The standard InChI is InChI=1S/C19H19F2NO/c20-16-7-4-8-17(21)19(16)18(23)13-22-11-9-15(10-12-22)14-5-2-1-3-6-14/h1-9,18,23H,10-13H2/t18-/m1/s1. The highest BCUT2D eigenvalue weighted by atomic mass is 19.1. The molecule has 2 aromatic carbocycles. The summed E-state index contributed by atoms with van der Waals surface area (Å²) in [5.74, 6) is -1.40. The van der Waals surface area contributed by atoms with Gasteiger partial charge in [0, 0.05) is 19.6 Å². The predicted molar refractivity (Wildman–Crippen MR) is 86.8 cm³/mol. The highest BCUT2D eigenvalue weighted by Gasteiger charge is 2.22. The van der Waals surface area contributed by atoms with Gasteiger partial charge in [0.25, 0.3) is 0 Å². The number of hydrogen-bond acceptors (Lipinski definition) is 2. The van der Waals surface area contributed by atoms with E-state index in [1.54, 1.807) is 0 Å². The molecule has 3 rings (SSSR count). The van der Waals surface area contributed by atoms with E-state index in [0.717, 1.165) is 13.0 Å². The Morgan fingerprint density at radius 2 is 1.70 bits per heavy atom. The third-order valence-electron chi connectivity index (χ3n) is 4.20. The molecule has 0 aliphatic carbocycles. The molecule has 1 heterocycles. The first kappa shape index (κ1) is 15.8. The fourth-order valence-electron chi connectivity index (χ4n) is 2.96. The zero-order valence-corrected chi connectivity index (χ0v) is 12.8. The van der Waals surface area contributed by atoms with Gasteiger partial charge < -0.3 is 5.11 Å². The van der Waals surface area contributed by atoms with Gasteiger partial charge in [-0.1, -0.05) is 42.5 Å². The summed E-state index contributed by atoms with van der Waals surface area (Å²) in [7, 11) is 0. The highest BCUT2D eigenvalue weighted by molar-refractivity contribution is 5.66. The van der Waals surface area contributed by atoms with Crippen LogP contribution in [0.4, 0.5) is 8.78 Å². The second kappa shape index (κ2) is 7.02. The monoisotopic (exact) mass is 315 g/mol. The number of aliphatic hydroxyl groups is 1. The first-order chi connectivity index (χ1) is 11.1. The number of halogens is 2. The summed E-state index contributed by atoms with van der Waals surface area (Å²) in [5, 5.41) is 10.2. The van der Waals surface area contributed by atoms with E-state index in [9.17, 15) is 13.9 Å². The average Bonchev–Trinajstić information content (AvgIpc) is 2.56. The summed E-state index contributed by atoms with van der Waals surface area (Å²) in [6, 6.07) is 13.8. The minimum Gasteiger partial charge on any atom is -0.387 e. The molecule has 23 heavy (non-hydrogen) atoms. The Morgan fingerprint density at radius 1 is 1.00 bits per heavy atom. The van der Waals surface area contributed by atoms with E-state index in [1.165, 1.54) is 29.3 Å². The lowest BCUT2D eigenvalue weighted by atomic mass is 9.99. The summed E-state index contributed by atoms with van der Waals surface area (Å²) in [4.78, 5) is 2.00. The van der Waals surface area contributed by atoms with Gasteiger partial charge in [0.2, 0.25) is 0 Å². The highest BCUT2D eigenvalue weighted by Crippen LogP contribution is 2.25. The maximum atomic E-state index is 13.7. The van der Waals surface area contributed by atoms with Gasteiger partial charge in [-0.3, -0.25) is 4.90 Å². The molecule has 0 saturated carbocycles. The van der Waals surface area contributed by atoms with Gasteiger partial charge in [-0.25, -0.2) is 8.78 Å². The first-order valence-corrected chi connectivity index (χ1v) is 7.74. The van der Waals surface area contributed by atoms with Crippen LogP contribution in [0, 0.1) is 11.6 Å². The first-order valence-electron chi connectivity index (χ1n) is 7.74. The van der Waals surface area contributed by atoms with Crippen molar-refractivity contribution in [3.8, 4) is 0 Å². The summed E-state index contributed by atoms with van der Waals surface area (Å²) >= 11 is 0. The molecule has 4 heteroatoms. The third-order valence-corrected chi connectivity index (χ3v) is 4.20. The fourth-order valence-corrected chi connectivity index (χ4v) is 2.96. The largest absolute Gasteiger partial charge is 0.387 e. The fraction of sp³-hybridized carbons (Fsp3) is 0.263. The molecule has 0 radical (unpaired) electrons. The van der Waals surface area contributed by atoms with Gasteiger partial charge >= 0.3 is 0 Å². The SMILES string of the molecule is O[C@H](CN1CC=C(c2ccccc2)CC1)c1c(F)cccc1F. The second-order valence-corrected chi connectivity index (χ2v) is 5.76. The van der Waals surface area contributed by atoms with Crippen molar-refractivity contribution in [2.75, 3.05) is 19.6 Å². The molecule has 1 atom stereocenters. The van der Waals surface area contributed by atoms with Crippen LogP contribution in [-0.2, 0) is 0 Å². The average molecular weight is 315 g/mol. The van der Waals surface area contributed by atoms with Gasteiger partial charge in [-0.15, -0.1) is 0 Å². The maximum Gasteiger partial charge on any atom is 0.131 e. The summed E-state index contributed by atoms with van der Waals surface area (Å²) in [6.07, 6.45) is 1.81. The Labute approximate surface area is 134 Å². The molecule has 2 aromatic rings. The third kappa shape index (κ3) is 3.66. The molecule has 1 N–H and O–H groups in total. The molecule has 0 bridgehead atoms. The van der Waals surface area contributed by atoms with Gasteiger partial charge in [-0.2, -0.15) is 0 Å². The molecule has 0 spiro atoms. The van der Waals surface area contributed by atoms with E-state index in [4.69, 9.17) is 0 Å². The topological polar surface area (TPSA) is 23.5 Å². The Kier molecular flexibility index (Phi) is 4.84. The zero-order valence-electron chi connectivity index (χ0n) is 12.8. The van der Waals surface area contributed by atoms with E-state index >= 15 is 0 Å². The van der Waals surface area contributed by atoms with Crippen LogP contribution in [0.5, 0.6) is 0 Å². The number of hydrogen-bond donors (Lipinski definition) is 1.